The van der Waals surface area contributed by atoms with Gasteiger partial charge in [-0.3, -0.25) is 9.78 Å². The number of rotatable bonds is 7. The predicted molar refractivity (Wildman–Crippen MR) is 115 cm³/mol. The first-order chi connectivity index (χ1) is 14.2. The van der Waals surface area contributed by atoms with Gasteiger partial charge in [0, 0.05) is 18.6 Å². The number of sulfone groups is 1. The van der Waals surface area contributed by atoms with Gasteiger partial charge in [-0.15, -0.1) is 0 Å². The fraction of sp³-hybridized carbons (Fsp3) is 0.476. The normalized spacial score (nSPS) is 16.9. The molecule has 1 fully saturated rings. The Kier molecular flexibility index (Phi) is 7.10. The van der Waals surface area contributed by atoms with Crippen molar-refractivity contribution in [3.8, 4) is 0 Å². The molecule has 0 spiro atoms. The van der Waals surface area contributed by atoms with E-state index in [0.29, 0.717) is 17.9 Å². The number of hydrogen-bond acceptors (Lipinski definition) is 6. The highest BCUT2D eigenvalue weighted by atomic mass is 35.5. The van der Waals surface area contributed by atoms with E-state index in [1.807, 2.05) is 0 Å². The average Bonchev–Trinajstić information content (AvgIpc) is 3.18. The molecular weight excluding hydrogens is 426 g/mol. The molecule has 2 aromatic rings. The minimum atomic E-state index is -3.46. The first kappa shape index (κ1) is 22.7. The van der Waals surface area contributed by atoms with Gasteiger partial charge in [-0.2, -0.15) is 0 Å². The topological polar surface area (TPSA) is 109 Å². The fourth-order valence-corrected chi connectivity index (χ4v) is 5.30. The zero-order valence-electron chi connectivity index (χ0n) is 17.0. The van der Waals surface area contributed by atoms with Crippen LogP contribution >= 0.6 is 11.6 Å². The van der Waals surface area contributed by atoms with Crippen LogP contribution in [-0.2, 0) is 14.6 Å². The van der Waals surface area contributed by atoms with Crippen LogP contribution < -0.4 is 5.32 Å². The molecule has 2 unspecified atom stereocenters. The molecule has 0 bridgehead atoms. The number of aliphatic hydroxyl groups excluding tert-OH is 1. The second-order valence-electron chi connectivity index (χ2n) is 7.86. The molecule has 0 saturated heterocycles. The molecule has 30 heavy (non-hydrogen) atoms. The van der Waals surface area contributed by atoms with E-state index in [1.165, 1.54) is 18.5 Å². The van der Waals surface area contributed by atoms with Crippen LogP contribution in [0.2, 0.25) is 5.02 Å². The molecule has 1 aliphatic rings. The lowest BCUT2D eigenvalue weighted by atomic mass is 9.87. The number of anilines is 1. The molecule has 0 radical (unpaired) electrons. The molecule has 1 aliphatic carbocycles. The number of halogens is 1. The van der Waals surface area contributed by atoms with Crippen molar-refractivity contribution in [1.82, 2.24) is 9.97 Å². The van der Waals surface area contributed by atoms with Crippen LogP contribution in [0.5, 0.6) is 0 Å². The highest BCUT2D eigenvalue weighted by Crippen LogP contribution is 2.36. The number of benzene rings is 1. The highest BCUT2D eigenvalue weighted by molar-refractivity contribution is 7.90. The lowest BCUT2D eigenvalue weighted by molar-refractivity contribution is -0.118. The highest BCUT2D eigenvalue weighted by Gasteiger charge is 2.29. The van der Waals surface area contributed by atoms with Gasteiger partial charge in [0.25, 0.3) is 0 Å². The predicted octanol–water partition coefficient (Wildman–Crippen LogP) is 3.89. The van der Waals surface area contributed by atoms with Crippen molar-refractivity contribution in [1.29, 1.82) is 0 Å². The van der Waals surface area contributed by atoms with Crippen LogP contribution in [-0.4, -0.2) is 35.7 Å². The van der Waals surface area contributed by atoms with Crippen molar-refractivity contribution < 1.29 is 18.3 Å². The minimum Gasteiger partial charge on any atom is -0.387 e. The number of aliphatic hydroxyl groups is 1. The molecule has 2 N–H and O–H groups in total. The Morgan fingerprint density at radius 3 is 2.53 bits per heavy atom. The number of nitrogens with zero attached hydrogens (tertiary/aromatic N) is 2. The van der Waals surface area contributed by atoms with Gasteiger partial charge in [-0.25, -0.2) is 13.4 Å². The number of nitrogens with one attached hydrogen (secondary N) is 1. The number of hydrogen-bond donors (Lipinski definition) is 2. The largest absolute Gasteiger partial charge is 0.387 e. The standard InChI is InChI=1S/C21H26ClN3O4S/c1-13(26)19-20(24-10-9-23-19)25-21(27)16(11-14-5-3-4-6-14)15-7-8-18(17(22)12-15)30(2,28)29/h7-10,12-14,16,26H,3-6,11H2,1-2H3,(H,24,25,27). The molecule has 1 aromatic heterocycles. The molecule has 0 aliphatic heterocycles. The van der Waals surface area contributed by atoms with E-state index >= 15 is 0 Å². The number of aromatic nitrogens is 2. The van der Waals surface area contributed by atoms with Gasteiger partial charge < -0.3 is 10.4 Å². The average molecular weight is 452 g/mol. The van der Waals surface area contributed by atoms with Gasteiger partial charge in [0.1, 0.15) is 5.69 Å². The number of carbonyl (C=O) groups excluding carboxylic acids is 1. The molecule has 7 nitrogen and oxygen atoms in total. The smallest absolute Gasteiger partial charge is 0.233 e. The molecule has 1 saturated carbocycles. The summed E-state index contributed by atoms with van der Waals surface area (Å²) < 4.78 is 23.8. The van der Waals surface area contributed by atoms with Crippen LogP contribution in [0.1, 0.15) is 62.3 Å². The first-order valence-electron chi connectivity index (χ1n) is 9.96. The number of amides is 1. The van der Waals surface area contributed by atoms with Crippen molar-refractivity contribution >= 4 is 33.2 Å². The second-order valence-corrected chi connectivity index (χ2v) is 10.2. The number of carbonyl (C=O) groups is 1. The van der Waals surface area contributed by atoms with Crippen LogP contribution in [0, 0.1) is 5.92 Å². The summed E-state index contributed by atoms with van der Waals surface area (Å²) in [4.78, 5) is 21.5. The Bertz CT molecular complexity index is 1020. The maximum atomic E-state index is 13.2. The van der Waals surface area contributed by atoms with Crippen LogP contribution in [0.25, 0.3) is 0 Å². The lowest BCUT2D eigenvalue weighted by Gasteiger charge is -2.22. The monoisotopic (exact) mass is 451 g/mol. The van der Waals surface area contributed by atoms with Crippen molar-refractivity contribution in [2.75, 3.05) is 11.6 Å². The van der Waals surface area contributed by atoms with Gasteiger partial charge in [-0.1, -0.05) is 43.4 Å². The summed E-state index contributed by atoms with van der Waals surface area (Å²) in [6.07, 6.45) is 8.15. The third-order valence-electron chi connectivity index (χ3n) is 5.48. The molecule has 2 atom stereocenters. The third kappa shape index (κ3) is 5.36. The summed E-state index contributed by atoms with van der Waals surface area (Å²) >= 11 is 6.24. The van der Waals surface area contributed by atoms with Gasteiger partial charge in [-0.05, 0) is 37.0 Å². The van der Waals surface area contributed by atoms with Crippen molar-refractivity contribution in [3.63, 3.8) is 0 Å². The molecular formula is C21H26ClN3O4S. The molecule has 9 heteroatoms. The zero-order valence-corrected chi connectivity index (χ0v) is 18.6. The van der Waals surface area contributed by atoms with E-state index in [9.17, 15) is 18.3 Å². The van der Waals surface area contributed by atoms with Crippen LogP contribution in [0.15, 0.2) is 35.5 Å². The maximum absolute atomic E-state index is 13.2. The summed E-state index contributed by atoms with van der Waals surface area (Å²) in [6.45, 7) is 1.55. The molecule has 3 rings (SSSR count). The van der Waals surface area contributed by atoms with Crippen LogP contribution in [0.4, 0.5) is 5.82 Å². The molecule has 162 valence electrons. The summed E-state index contributed by atoms with van der Waals surface area (Å²) in [7, 11) is -3.46. The summed E-state index contributed by atoms with van der Waals surface area (Å²) in [5, 5.41) is 12.8. The van der Waals surface area contributed by atoms with Crippen molar-refractivity contribution in [2.24, 2.45) is 5.92 Å². The Balaban J connectivity index is 1.93. The summed E-state index contributed by atoms with van der Waals surface area (Å²) in [6, 6.07) is 4.66. The van der Waals surface area contributed by atoms with E-state index < -0.39 is 21.9 Å². The molecule has 1 aromatic carbocycles. The minimum absolute atomic E-state index is 0.0401. The summed E-state index contributed by atoms with van der Waals surface area (Å²) in [5.74, 6) is -0.185. The van der Waals surface area contributed by atoms with E-state index in [4.69, 9.17) is 11.6 Å². The Morgan fingerprint density at radius 2 is 1.93 bits per heavy atom. The summed E-state index contributed by atoms with van der Waals surface area (Å²) in [5.41, 5.74) is 0.940. The van der Waals surface area contributed by atoms with Gasteiger partial charge in [0.05, 0.1) is 21.9 Å². The quantitative estimate of drug-likeness (QED) is 0.660. The van der Waals surface area contributed by atoms with E-state index in [2.05, 4.69) is 15.3 Å². The van der Waals surface area contributed by atoms with E-state index in [-0.39, 0.29) is 27.3 Å². The van der Waals surface area contributed by atoms with Crippen LogP contribution in [0.3, 0.4) is 0 Å². The SMILES string of the molecule is CC(O)c1nccnc1NC(=O)C(CC1CCCC1)c1ccc(S(C)(=O)=O)c(Cl)c1. The van der Waals surface area contributed by atoms with Gasteiger partial charge in [0.15, 0.2) is 15.7 Å². The second kappa shape index (κ2) is 9.41. The zero-order chi connectivity index (χ0) is 21.9. The Hall–Kier alpha value is -2.03. The van der Waals surface area contributed by atoms with Crippen molar-refractivity contribution in [2.45, 2.75) is 55.9 Å². The molecule has 1 heterocycles. The maximum Gasteiger partial charge on any atom is 0.233 e. The third-order valence-corrected chi connectivity index (χ3v) is 7.06. The van der Waals surface area contributed by atoms with Gasteiger partial charge >= 0.3 is 0 Å². The van der Waals surface area contributed by atoms with E-state index in [0.717, 1.165) is 31.9 Å². The molecule has 1 amide bonds. The first-order valence-corrected chi connectivity index (χ1v) is 12.2. The lowest BCUT2D eigenvalue weighted by Crippen LogP contribution is -2.25. The van der Waals surface area contributed by atoms with Gasteiger partial charge in [0.2, 0.25) is 5.91 Å². The Morgan fingerprint density at radius 1 is 1.27 bits per heavy atom. The Labute approximate surface area is 181 Å². The fourth-order valence-electron chi connectivity index (χ4n) is 3.96. The van der Waals surface area contributed by atoms with E-state index in [1.54, 1.807) is 19.1 Å². The van der Waals surface area contributed by atoms with Crippen molar-refractivity contribution in [3.05, 3.63) is 46.9 Å².